The number of ether oxygens (including phenoxy) is 1. The van der Waals surface area contributed by atoms with Crippen molar-refractivity contribution in [2.75, 3.05) is 13.1 Å². The van der Waals surface area contributed by atoms with Crippen LogP contribution in [0.3, 0.4) is 0 Å². The third-order valence-electron chi connectivity index (χ3n) is 2.80. The zero-order valence-electron chi connectivity index (χ0n) is 12.0. The second-order valence-electron chi connectivity index (χ2n) is 6.26. The molecule has 1 fully saturated rings. The highest BCUT2D eigenvalue weighted by Gasteiger charge is 2.25. The average molecular weight is 254 g/mol. The molecule has 0 spiro atoms. The maximum Gasteiger partial charge on any atom is 0.407 e. The molecule has 1 saturated heterocycles. The first-order valence-electron chi connectivity index (χ1n) is 6.61. The van der Waals surface area contributed by atoms with Gasteiger partial charge in [-0.2, -0.15) is 0 Å². The monoisotopic (exact) mass is 254 g/mol. The van der Waals surface area contributed by atoms with Crippen LogP contribution in [0.1, 0.15) is 40.5 Å². The fraction of sp³-hybridized carbons (Fsp3) is 0.786. The number of nitrogens with one attached hydrogen (secondary N) is 2. The van der Waals surface area contributed by atoms with Gasteiger partial charge in [-0.25, -0.2) is 4.79 Å². The van der Waals surface area contributed by atoms with Gasteiger partial charge in [-0.15, -0.1) is 6.58 Å². The summed E-state index contributed by atoms with van der Waals surface area (Å²) in [4.78, 5) is 11.7. The van der Waals surface area contributed by atoms with Gasteiger partial charge < -0.3 is 15.4 Å². The van der Waals surface area contributed by atoms with Crippen molar-refractivity contribution in [1.82, 2.24) is 10.6 Å². The van der Waals surface area contributed by atoms with Gasteiger partial charge in [0.05, 0.1) is 0 Å². The molecule has 1 rings (SSSR count). The Balaban J connectivity index is 2.38. The van der Waals surface area contributed by atoms with Gasteiger partial charge in [-0.1, -0.05) is 5.57 Å². The van der Waals surface area contributed by atoms with Crippen molar-refractivity contribution in [3.05, 3.63) is 12.2 Å². The molecule has 2 N–H and O–H groups in total. The Morgan fingerprint density at radius 3 is 2.67 bits per heavy atom. The van der Waals surface area contributed by atoms with E-state index in [1.807, 2.05) is 27.7 Å². The summed E-state index contributed by atoms with van der Waals surface area (Å²) in [7, 11) is 0. The lowest BCUT2D eigenvalue weighted by molar-refractivity contribution is 0.0490. The third-order valence-corrected chi connectivity index (χ3v) is 2.80. The van der Waals surface area contributed by atoms with Crippen molar-refractivity contribution in [2.24, 2.45) is 5.92 Å². The van der Waals surface area contributed by atoms with Crippen LogP contribution in [-0.2, 0) is 4.74 Å². The molecule has 0 aromatic rings. The molecule has 0 aromatic heterocycles. The Morgan fingerprint density at radius 1 is 1.44 bits per heavy atom. The van der Waals surface area contributed by atoms with E-state index in [2.05, 4.69) is 17.2 Å². The topological polar surface area (TPSA) is 50.4 Å². The van der Waals surface area contributed by atoms with E-state index >= 15 is 0 Å². The van der Waals surface area contributed by atoms with Crippen LogP contribution >= 0.6 is 0 Å². The number of hydrogen-bond donors (Lipinski definition) is 2. The largest absolute Gasteiger partial charge is 0.444 e. The summed E-state index contributed by atoms with van der Waals surface area (Å²) in [5, 5.41) is 6.27. The highest BCUT2D eigenvalue weighted by molar-refractivity contribution is 5.68. The van der Waals surface area contributed by atoms with Crippen molar-refractivity contribution in [3.63, 3.8) is 0 Å². The lowest BCUT2D eigenvalue weighted by atomic mass is 9.90. The van der Waals surface area contributed by atoms with Crippen LogP contribution in [0.4, 0.5) is 4.79 Å². The van der Waals surface area contributed by atoms with E-state index in [-0.39, 0.29) is 12.1 Å². The number of rotatable bonds is 3. The quantitative estimate of drug-likeness (QED) is 0.761. The number of allylic oxidation sites excluding steroid dienone is 1. The predicted octanol–water partition coefficient (Wildman–Crippen LogP) is 2.46. The first kappa shape index (κ1) is 15.0. The molecule has 1 aliphatic rings. The van der Waals surface area contributed by atoms with E-state index in [1.54, 1.807) is 0 Å². The molecule has 1 heterocycles. The van der Waals surface area contributed by atoms with Crippen molar-refractivity contribution >= 4 is 6.09 Å². The van der Waals surface area contributed by atoms with Gasteiger partial charge >= 0.3 is 6.09 Å². The molecule has 18 heavy (non-hydrogen) atoms. The second-order valence-corrected chi connectivity index (χ2v) is 6.26. The molecule has 0 bridgehead atoms. The summed E-state index contributed by atoms with van der Waals surface area (Å²) in [6.07, 6.45) is 1.67. The number of amides is 1. The van der Waals surface area contributed by atoms with Gasteiger partial charge in [0.15, 0.2) is 0 Å². The molecular weight excluding hydrogens is 228 g/mol. The van der Waals surface area contributed by atoms with Gasteiger partial charge in [0.25, 0.3) is 0 Å². The van der Waals surface area contributed by atoms with E-state index in [0.29, 0.717) is 5.92 Å². The molecule has 1 amide bonds. The summed E-state index contributed by atoms with van der Waals surface area (Å²) in [5.74, 6) is 0.552. The summed E-state index contributed by atoms with van der Waals surface area (Å²) < 4.78 is 5.26. The van der Waals surface area contributed by atoms with Crippen LogP contribution in [0.2, 0.25) is 0 Å². The normalized spacial score (nSPS) is 24.4. The van der Waals surface area contributed by atoms with E-state index in [9.17, 15) is 4.79 Å². The molecule has 0 aliphatic carbocycles. The van der Waals surface area contributed by atoms with Crippen LogP contribution in [-0.4, -0.2) is 30.8 Å². The Labute approximate surface area is 110 Å². The number of alkyl carbamates (subject to hydrolysis) is 1. The van der Waals surface area contributed by atoms with Crippen molar-refractivity contribution in [1.29, 1.82) is 0 Å². The molecule has 4 nitrogen and oxygen atoms in total. The molecular formula is C14H26N2O2. The van der Waals surface area contributed by atoms with Crippen molar-refractivity contribution in [3.8, 4) is 0 Å². The van der Waals surface area contributed by atoms with Crippen LogP contribution < -0.4 is 10.6 Å². The number of hydrogen-bond acceptors (Lipinski definition) is 3. The summed E-state index contributed by atoms with van der Waals surface area (Å²) in [6, 6.07) is 0.151. The Hall–Kier alpha value is -1.03. The van der Waals surface area contributed by atoms with Crippen LogP contribution in [0.15, 0.2) is 12.2 Å². The zero-order valence-corrected chi connectivity index (χ0v) is 12.0. The maximum atomic E-state index is 11.7. The number of piperidine rings is 1. The standard InChI is InChI=1S/C14H26N2O2/c1-10(2)6-11-7-12(9-15-8-11)16-13(17)18-14(3,4)5/h11-12,15H,1,6-9H2,2-5H3,(H,16,17)/t11-,12-/m0/s1. The first-order valence-corrected chi connectivity index (χ1v) is 6.61. The molecule has 0 radical (unpaired) electrons. The van der Waals surface area contributed by atoms with Crippen LogP contribution in [0.5, 0.6) is 0 Å². The number of carbonyl (C=O) groups excluding carboxylic acids is 1. The van der Waals surface area contributed by atoms with E-state index < -0.39 is 5.60 Å². The SMILES string of the molecule is C=C(C)C[C@@H]1CNC[C@@H](NC(=O)OC(C)(C)C)C1. The molecule has 0 saturated carbocycles. The highest BCUT2D eigenvalue weighted by atomic mass is 16.6. The molecule has 1 aliphatic heterocycles. The smallest absolute Gasteiger partial charge is 0.407 e. The molecule has 0 unspecified atom stereocenters. The second kappa shape index (κ2) is 6.23. The van der Waals surface area contributed by atoms with Crippen LogP contribution in [0.25, 0.3) is 0 Å². The summed E-state index contributed by atoms with van der Waals surface area (Å²) in [5.41, 5.74) is 0.753. The minimum Gasteiger partial charge on any atom is -0.444 e. The Morgan fingerprint density at radius 2 is 2.11 bits per heavy atom. The maximum absolute atomic E-state index is 11.7. The van der Waals surface area contributed by atoms with Gasteiger partial charge in [-0.3, -0.25) is 0 Å². The van der Waals surface area contributed by atoms with E-state index in [4.69, 9.17) is 4.74 Å². The fourth-order valence-electron chi connectivity index (χ4n) is 2.26. The fourth-order valence-corrected chi connectivity index (χ4v) is 2.26. The van der Waals surface area contributed by atoms with Crippen molar-refractivity contribution in [2.45, 2.75) is 52.2 Å². The van der Waals surface area contributed by atoms with Gasteiger partial charge in [0, 0.05) is 12.6 Å². The van der Waals surface area contributed by atoms with Crippen molar-refractivity contribution < 1.29 is 9.53 Å². The van der Waals surface area contributed by atoms with E-state index in [1.165, 1.54) is 5.57 Å². The Kier molecular flexibility index (Phi) is 5.20. The van der Waals surface area contributed by atoms with Crippen LogP contribution in [0, 0.1) is 5.92 Å². The summed E-state index contributed by atoms with van der Waals surface area (Å²) in [6.45, 7) is 13.4. The lowest BCUT2D eigenvalue weighted by Gasteiger charge is -2.31. The minimum absolute atomic E-state index is 0.151. The Bertz CT molecular complexity index is 307. The highest BCUT2D eigenvalue weighted by Crippen LogP contribution is 2.18. The molecule has 2 atom stereocenters. The minimum atomic E-state index is -0.441. The van der Waals surface area contributed by atoms with Gasteiger partial charge in [-0.05, 0) is 53.0 Å². The van der Waals surface area contributed by atoms with Gasteiger partial charge in [0.2, 0.25) is 0 Å². The predicted molar refractivity (Wildman–Crippen MR) is 73.6 cm³/mol. The summed E-state index contributed by atoms with van der Waals surface area (Å²) >= 11 is 0. The molecule has 0 aromatic carbocycles. The lowest BCUT2D eigenvalue weighted by Crippen LogP contribution is -2.50. The van der Waals surface area contributed by atoms with Gasteiger partial charge in [0.1, 0.15) is 5.60 Å². The third kappa shape index (κ3) is 6.05. The molecule has 104 valence electrons. The average Bonchev–Trinajstić information content (AvgIpc) is 2.13. The van der Waals surface area contributed by atoms with E-state index in [0.717, 1.165) is 25.9 Å². The molecule has 4 heteroatoms. The number of carbonyl (C=O) groups is 1. The zero-order chi connectivity index (χ0) is 13.8. The first-order chi connectivity index (χ1) is 8.26.